The van der Waals surface area contributed by atoms with Crippen LogP contribution in [0.15, 0.2) is 48.4 Å². The van der Waals surface area contributed by atoms with Gasteiger partial charge in [0.1, 0.15) is 29.7 Å². The SMILES string of the molecule is C/C(=C/C(=N)C#N)Nc1nc(-n2cnc3cc(CN4CCCC4=O)ccc32)ccc1C(C)O. The second kappa shape index (κ2) is 9.22. The molecule has 9 nitrogen and oxygen atoms in total. The molecule has 1 amide bonds. The highest BCUT2D eigenvalue weighted by molar-refractivity contribution is 6.05. The number of hydrogen-bond donors (Lipinski definition) is 3. The van der Waals surface area contributed by atoms with Crippen molar-refractivity contribution in [3.8, 4) is 11.9 Å². The summed E-state index contributed by atoms with van der Waals surface area (Å²) in [5.41, 5.74) is 3.67. The Bertz CT molecular complexity index is 1300. The van der Waals surface area contributed by atoms with E-state index < -0.39 is 6.10 Å². The molecule has 0 saturated carbocycles. The molecule has 1 unspecified atom stereocenters. The molecule has 0 bridgehead atoms. The fourth-order valence-electron chi connectivity index (χ4n) is 3.93. The third-order valence-electron chi connectivity index (χ3n) is 5.56. The van der Waals surface area contributed by atoms with Gasteiger partial charge in [-0.2, -0.15) is 5.26 Å². The summed E-state index contributed by atoms with van der Waals surface area (Å²) < 4.78 is 1.85. The van der Waals surface area contributed by atoms with Crippen LogP contribution in [-0.2, 0) is 11.3 Å². The van der Waals surface area contributed by atoms with Crippen molar-refractivity contribution in [3.63, 3.8) is 0 Å². The van der Waals surface area contributed by atoms with Gasteiger partial charge in [-0.05, 0) is 56.2 Å². The van der Waals surface area contributed by atoms with Gasteiger partial charge in [-0.1, -0.05) is 6.07 Å². The summed E-state index contributed by atoms with van der Waals surface area (Å²) in [6.07, 6.45) is 3.87. The number of allylic oxidation sites excluding steroid dienone is 2. The highest BCUT2D eigenvalue weighted by Crippen LogP contribution is 2.26. The summed E-state index contributed by atoms with van der Waals surface area (Å²) in [6.45, 7) is 4.76. The Balaban J connectivity index is 1.66. The lowest BCUT2D eigenvalue weighted by atomic mass is 10.1. The van der Waals surface area contributed by atoms with Crippen LogP contribution in [0.2, 0.25) is 0 Å². The van der Waals surface area contributed by atoms with Gasteiger partial charge in [0.05, 0.1) is 17.1 Å². The van der Waals surface area contributed by atoms with Gasteiger partial charge in [-0.15, -0.1) is 0 Å². The van der Waals surface area contributed by atoms with Crippen LogP contribution in [0.3, 0.4) is 0 Å². The number of aliphatic hydroxyl groups excluding tert-OH is 1. The first-order valence-electron chi connectivity index (χ1n) is 10.7. The summed E-state index contributed by atoms with van der Waals surface area (Å²) in [7, 11) is 0. The number of likely N-dealkylation sites (tertiary alicyclic amines) is 1. The Morgan fingerprint density at radius 1 is 1.39 bits per heavy atom. The number of aromatic nitrogens is 3. The smallest absolute Gasteiger partial charge is 0.222 e. The van der Waals surface area contributed by atoms with E-state index in [9.17, 15) is 9.90 Å². The van der Waals surface area contributed by atoms with Crippen LogP contribution in [0.4, 0.5) is 5.82 Å². The number of amides is 1. The van der Waals surface area contributed by atoms with Gasteiger partial charge in [0.2, 0.25) is 5.91 Å². The van der Waals surface area contributed by atoms with Crippen LogP contribution in [0.5, 0.6) is 0 Å². The normalized spacial score (nSPS) is 15.0. The van der Waals surface area contributed by atoms with Crippen LogP contribution in [0.1, 0.15) is 43.9 Å². The first-order valence-corrected chi connectivity index (χ1v) is 10.7. The third kappa shape index (κ3) is 4.76. The van der Waals surface area contributed by atoms with Crippen molar-refractivity contribution in [2.75, 3.05) is 11.9 Å². The number of pyridine rings is 1. The molecule has 3 aromatic rings. The molecule has 3 N–H and O–H groups in total. The van der Waals surface area contributed by atoms with Gasteiger partial charge < -0.3 is 15.3 Å². The van der Waals surface area contributed by atoms with E-state index in [4.69, 9.17) is 10.7 Å². The van der Waals surface area contributed by atoms with Crippen molar-refractivity contribution in [1.82, 2.24) is 19.4 Å². The number of carbonyl (C=O) groups excluding carboxylic acids is 1. The lowest BCUT2D eigenvalue weighted by molar-refractivity contribution is -0.128. The molecule has 168 valence electrons. The van der Waals surface area contributed by atoms with E-state index in [1.165, 1.54) is 6.08 Å². The molecule has 1 aromatic carbocycles. The molecule has 1 aliphatic heterocycles. The van der Waals surface area contributed by atoms with Crippen LogP contribution < -0.4 is 5.32 Å². The number of aliphatic hydroxyl groups is 1. The zero-order valence-electron chi connectivity index (χ0n) is 18.5. The average Bonchev–Trinajstić information content (AvgIpc) is 3.39. The molecule has 0 radical (unpaired) electrons. The number of nitrogens with zero attached hydrogens (tertiary/aromatic N) is 5. The predicted octanol–water partition coefficient (Wildman–Crippen LogP) is 3.46. The molecule has 1 fully saturated rings. The molecule has 2 aromatic heterocycles. The van der Waals surface area contributed by atoms with E-state index in [0.29, 0.717) is 35.9 Å². The van der Waals surface area contributed by atoms with E-state index in [0.717, 1.165) is 29.6 Å². The molecule has 0 spiro atoms. The van der Waals surface area contributed by atoms with Crippen molar-refractivity contribution < 1.29 is 9.90 Å². The van der Waals surface area contributed by atoms with E-state index in [1.807, 2.05) is 33.7 Å². The number of carbonyl (C=O) groups is 1. The molecule has 0 aliphatic carbocycles. The quantitative estimate of drug-likeness (QED) is 0.479. The topological polar surface area (TPSA) is 131 Å². The number of benzene rings is 1. The number of nitriles is 1. The van der Waals surface area contributed by atoms with Gasteiger partial charge in [0.15, 0.2) is 0 Å². The molecular formula is C24H25N7O2. The Kier molecular flexibility index (Phi) is 6.20. The first-order chi connectivity index (χ1) is 15.9. The monoisotopic (exact) mass is 443 g/mol. The van der Waals surface area contributed by atoms with E-state index in [-0.39, 0.29) is 11.6 Å². The fourth-order valence-corrected chi connectivity index (χ4v) is 3.93. The second-order valence-electron chi connectivity index (χ2n) is 8.12. The van der Waals surface area contributed by atoms with E-state index in [1.54, 1.807) is 32.3 Å². The van der Waals surface area contributed by atoms with Crippen LogP contribution in [0.25, 0.3) is 16.9 Å². The maximum atomic E-state index is 11.9. The minimum Gasteiger partial charge on any atom is -0.389 e. The van der Waals surface area contributed by atoms with Crippen molar-refractivity contribution >= 4 is 28.5 Å². The van der Waals surface area contributed by atoms with E-state index >= 15 is 0 Å². The largest absolute Gasteiger partial charge is 0.389 e. The van der Waals surface area contributed by atoms with E-state index in [2.05, 4.69) is 15.3 Å². The molecule has 33 heavy (non-hydrogen) atoms. The molecular weight excluding hydrogens is 418 g/mol. The lowest BCUT2D eigenvalue weighted by Crippen LogP contribution is -2.23. The molecule has 9 heteroatoms. The maximum Gasteiger partial charge on any atom is 0.222 e. The lowest BCUT2D eigenvalue weighted by Gasteiger charge is -2.16. The highest BCUT2D eigenvalue weighted by atomic mass is 16.3. The van der Waals surface area contributed by atoms with Crippen LogP contribution >= 0.6 is 0 Å². The molecule has 4 rings (SSSR count). The Morgan fingerprint density at radius 2 is 2.21 bits per heavy atom. The van der Waals surface area contributed by atoms with Gasteiger partial charge in [-0.3, -0.25) is 14.8 Å². The summed E-state index contributed by atoms with van der Waals surface area (Å²) >= 11 is 0. The predicted molar refractivity (Wildman–Crippen MR) is 125 cm³/mol. The number of nitrogens with one attached hydrogen (secondary N) is 2. The van der Waals surface area contributed by atoms with Gasteiger partial charge >= 0.3 is 0 Å². The van der Waals surface area contributed by atoms with Gasteiger partial charge in [0.25, 0.3) is 0 Å². The Labute approximate surface area is 191 Å². The summed E-state index contributed by atoms with van der Waals surface area (Å²) in [5.74, 6) is 1.24. The van der Waals surface area contributed by atoms with Crippen LogP contribution in [-0.4, -0.2) is 42.7 Å². The standard InChI is InChI=1S/C24H25N7O2/c1-15(10-18(26)12-25)28-24-19(16(2)32)6-8-22(29-24)31-14-27-20-11-17(5-7-21(20)31)13-30-9-3-4-23(30)33/h5-8,10-11,14,16,26,32H,3-4,9,13H2,1-2H3,(H,28,29)/b15-10-,26-18?. The number of fused-ring (bicyclic) bond motifs is 1. The fraction of sp³-hybridized carbons (Fsp3) is 0.292. The zero-order chi connectivity index (χ0) is 23.5. The van der Waals surface area contributed by atoms with Crippen molar-refractivity contribution in [3.05, 3.63) is 59.6 Å². The molecule has 1 atom stereocenters. The minimum atomic E-state index is -0.757. The number of imidazole rings is 1. The van der Waals surface area contributed by atoms with Crippen molar-refractivity contribution in [1.29, 1.82) is 10.7 Å². The summed E-state index contributed by atoms with van der Waals surface area (Å²) in [6, 6.07) is 11.3. The molecule has 1 saturated heterocycles. The highest BCUT2D eigenvalue weighted by Gasteiger charge is 2.20. The van der Waals surface area contributed by atoms with Gasteiger partial charge in [0, 0.05) is 30.8 Å². The third-order valence-corrected chi connectivity index (χ3v) is 5.56. The minimum absolute atomic E-state index is 0.179. The first kappa shape index (κ1) is 22.2. The van der Waals surface area contributed by atoms with Crippen LogP contribution in [0, 0.1) is 16.7 Å². The zero-order valence-corrected chi connectivity index (χ0v) is 18.5. The molecule has 3 heterocycles. The molecule has 1 aliphatic rings. The summed E-state index contributed by atoms with van der Waals surface area (Å²) in [5, 5.41) is 29.6. The summed E-state index contributed by atoms with van der Waals surface area (Å²) in [4.78, 5) is 23.0. The number of rotatable bonds is 7. The second-order valence-corrected chi connectivity index (χ2v) is 8.12. The van der Waals surface area contributed by atoms with Crippen molar-refractivity contribution in [2.24, 2.45) is 0 Å². The average molecular weight is 444 g/mol. The van der Waals surface area contributed by atoms with Gasteiger partial charge in [-0.25, -0.2) is 9.97 Å². The Morgan fingerprint density at radius 3 is 2.91 bits per heavy atom. The number of anilines is 1. The van der Waals surface area contributed by atoms with Crippen molar-refractivity contribution in [2.45, 2.75) is 39.3 Å². The number of hydrogen-bond acceptors (Lipinski definition) is 7. The maximum absolute atomic E-state index is 11.9. The Hall–Kier alpha value is -4.03.